The van der Waals surface area contributed by atoms with Crippen molar-refractivity contribution in [3.63, 3.8) is 0 Å². The number of nitrogens with two attached hydrogens (primary N) is 1. The topological polar surface area (TPSA) is 49.6 Å². The molecule has 0 aromatic heterocycles. The molecule has 4 heteroatoms. The molecular formula is C16H31N3O. The number of piperidine rings is 2. The van der Waals surface area contributed by atoms with Crippen LogP contribution in [0.1, 0.15) is 52.4 Å². The van der Waals surface area contributed by atoms with Gasteiger partial charge >= 0.3 is 0 Å². The van der Waals surface area contributed by atoms with E-state index in [1.807, 2.05) is 4.90 Å². The molecule has 0 aliphatic carbocycles. The first-order valence-electron chi connectivity index (χ1n) is 8.35. The number of hydrogen-bond acceptors (Lipinski definition) is 3. The minimum atomic E-state index is 0.00215. The van der Waals surface area contributed by atoms with Crippen LogP contribution in [0, 0.1) is 5.92 Å². The van der Waals surface area contributed by atoms with Crippen molar-refractivity contribution < 1.29 is 4.79 Å². The summed E-state index contributed by atoms with van der Waals surface area (Å²) in [4.78, 5) is 16.9. The number of nitrogens with zero attached hydrogens (tertiary/aromatic N) is 2. The van der Waals surface area contributed by atoms with E-state index in [1.165, 1.54) is 32.4 Å². The Balaban J connectivity index is 1.74. The maximum absolute atomic E-state index is 12.2. The molecule has 2 rings (SSSR count). The fourth-order valence-corrected chi connectivity index (χ4v) is 3.33. The van der Waals surface area contributed by atoms with Crippen molar-refractivity contribution in [1.29, 1.82) is 0 Å². The Kier molecular flexibility index (Phi) is 5.85. The van der Waals surface area contributed by atoms with Gasteiger partial charge in [-0.3, -0.25) is 4.79 Å². The molecule has 116 valence electrons. The highest BCUT2D eigenvalue weighted by molar-refractivity contribution is 5.76. The fourth-order valence-electron chi connectivity index (χ4n) is 3.33. The van der Waals surface area contributed by atoms with Crippen LogP contribution in [-0.4, -0.2) is 54.0 Å². The molecule has 0 aromatic carbocycles. The van der Waals surface area contributed by atoms with E-state index in [9.17, 15) is 4.79 Å². The number of amides is 1. The maximum atomic E-state index is 12.2. The Hall–Kier alpha value is -0.610. The van der Waals surface area contributed by atoms with E-state index in [2.05, 4.69) is 18.7 Å². The van der Waals surface area contributed by atoms with E-state index in [1.54, 1.807) is 0 Å². The van der Waals surface area contributed by atoms with Gasteiger partial charge in [-0.2, -0.15) is 0 Å². The van der Waals surface area contributed by atoms with Crippen molar-refractivity contribution in [3.8, 4) is 0 Å². The van der Waals surface area contributed by atoms with E-state index in [0.29, 0.717) is 18.4 Å². The van der Waals surface area contributed by atoms with E-state index >= 15 is 0 Å². The summed E-state index contributed by atoms with van der Waals surface area (Å²) in [6, 6.07) is 0.709. The number of likely N-dealkylation sites (tertiary alicyclic amines) is 2. The Bertz CT molecular complexity index is 305. The molecule has 0 radical (unpaired) electrons. The first-order valence-corrected chi connectivity index (χ1v) is 8.35. The lowest BCUT2D eigenvalue weighted by Gasteiger charge is -2.40. The van der Waals surface area contributed by atoms with Crippen molar-refractivity contribution in [3.05, 3.63) is 0 Å². The van der Waals surface area contributed by atoms with E-state index < -0.39 is 0 Å². The highest BCUT2D eigenvalue weighted by Gasteiger charge is 2.28. The van der Waals surface area contributed by atoms with Gasteiger partial charge in [0.1, 0.15) is 0 Å². The SMILES string of the molecule is CC(C)C(N)CC(=O)N1CCC(N2CCCCC2)CC1. The third kappa shape index (κ3) is 4.19. The molecule has 0 aromatic rings. The van der Waals surface area contributed by atoms with Crippen LogP contribution in [0.3, 0.4) is 0 Å². The van der Waals surface area contributed by atoms with Crippen LogP contribution in [0.5, 0.6) is 0 Å². The number of rotatable bonds is 4. The van der Waals surface area contributed by atoms with Crippen LogP contribution in [0.4, 0.5) is 0 Å². The monoisotopic (exact) mass is 281 g/mol. The number of hydrogen-bond donors (Lipinski definition) is 1. The van der Waals surface area contributed by atoms with Crippen LogP contribution in [0.25, 0.3) is 0 Å². The molecule has 0 saturated carbocycles. The summed E-state index contributed by atoms with van der Waals surface area (Å²) in [5, 5.41) is 0. The van der Waals surface area contributed by atoms with Gasteiger partial charge in [0.25, 0.3) is 0 Å². The Morgan fingerprint density at radius 2 is 1.70 bits per heavy atom. The normalized spacial score (nSPS) is 24.1. The van der Waals surface area contributed by atoms with Crippen molar-refractivity contribution >= 4 is 5.91 Å². The smallest absolute Gasteiger partial charge is 0.224 e. The molecule has 2 aliphatic rings. The van der Waals surface area contributed by atoms with Gasteiger partial charge in [-0.1, -0.05) is 20.3 Å². The quantitative estimate of drug-likeness (QED) is 0.855. The lowest BCUT2D eigenvalue weighted by molar-refractivity contribution is -0.133. The molecule has 0 bridgehead atoms. The Morgan fingerprint density at radius 3 is 2.25 bits per heavy atom. The molecule has 20 heavy (non-hydrogen) atoms. The first kappa shape index (κ1) is 15.8. The minimum absolute atomic E-state index is 0.00215. The summed E-state index contributed by atoms with van der Waals surface area (Å²) in [5.74, 6) is 0.633. The summed E-state index contributed by atoms with van der Waals surface area (Å²) >= 11 is 0. The lowest BCUT2D eigenvalue weighted by Crippen LogP contribution is -2.49. The lowest BCUT2D eigenvalue weighted by atomic mass is 9.98. The standard InChI is InChI=1S/C16H31N3O/c1-13(2)15(17)12-16(20)19-10-6-14(7-11-19)18-8-4-3-5-9-18/h13-15H,3-12,17H2,1-2H3. The second kappa shape index (κ2) is 7.41. The van der Waals surface area contributed by atoms with E-state index in [4.69, 9.17) is 5.73 Å². The Labute approximate surface area is 123 Å². The van der Waals surface area contributed by atoms with Gasteiger partial charge in [-0.15, -0.1) is 0 Å². The van der Waals surface area contributed by atoms with Crippen LogP contribution in [0.2, 0.25) is 0 Å². The average molecular weight is 281 g/mol. The van der Waals surface area contributed by atoms with Gasteiger partial charge in [-0.05, 0) is 44.7 Å². The van der Waals surface area contributed by atoms with Gasteiger partial charge in [0.2, 0.25) is 5.91 Å². The average Bonchev–Trinajstić information content (AvgIpc) is 2.48. The molecule has 1 amide bonds. The van der Waals surface area contributed by atoms with Gasteiger partial charge in [0.15, 0.2) is 0 Å². The molecule has 2 N–H and O–H groups in total. The fraction of sp³-hybridized carbons (Fsp3) is 0.938. The molecular weight excluding hydrogens is 250 g/mol. The molecule has 4 nitrogen and oxygen atoms in total. The zero-order valence-corrected chi connectivity index (χ0v) is 13.2. The van der Waals surface area contributed by atoms with Crippen molar-refractivity contribution in [2.75, 3.05) is 26.2 Å². The molecule has 2 heterocycles. The minimum Gasteiger partial charge on any atom is -0.343 e. The zero-order valence-electron chi connectivity index (χ0n) is 13.2. The summed E-state index contributed by atoms with van der Waals surface area (Å²) < 4.78 is 0. The van der Waals surface area contributed by atoms with Crippen LogP contribution < -0.4 is 5.73 Å². The van der Waals surface area contributed by atoms with E-state index in [-0.39, 0.29) is 11.9 Å². The molecule has 2 saturated heterocycles. The zero-order chi connectivity index (χ0) is 14.5. The Morgan fingerprint density at radius 1 is 1.10 bits per heavy atom. The first-order chi connectivity index (χ1) is 9.58. The summed E-state index contributed by atoms with van der Waals surface area (Å²) in [7, 11) is 0. The predicted octanol–water partition coefficient (Wildman–Crippen LogP) is 1.84. The number of carbonyl (C=O) groups is 1. The predicted molar refractivity (Wildman–Crippen MR) is 82.5 cm³/mol. The number of carbonyl (C=O) groups excluding carboxylic acids is 1. The largest absolute Gasteiger partial charge is 0.343 e. The summed E-state index contributed by atoms with van der Waals surface area (Å²) in [5.41, 5.74) is 6.01. The molecule has 1 unspecified atom stereocenters. The molecule has 2 fully saturated rings. The van der Waals surface area contributed by atoms with Crippen molar-refractivity contribution in [2.24, 2.45) is 11.7 Å². The van der Waals surface area contributed by atoms with Crippen LogP contribution in [-0.2, 0) is 4.79 Å². The molecule has 1 atom stereocenters. The molecule has 0 spiro atoms. The van der Waals surface area contributed by atoms with E-state index in [0.717, 1.165) is 25.9 Å². The van der Waals surface area contributed by atoms with Crippen LogP contribution >= 0.6 is 0 Å². The highest BCUT2D eigenvalue weighted by Crippen LogP contribution is 2.21. The second-order valence-corrected chi connectivity index (χ2v) is 6.82. The van der Waals surface area contributed by atoms with Crippen molar-refractivity contribution in [2.45, 2.75) is 64.5 Å². The third-order valence-corrected chi connectivity index (χ3v) is 4.99. The van der Waals surface area contributed by atoms with Gasteiger partial charge < -0.3 is 15.5 Å². The summed E-state index contributed by atoms with van der Waals surface area (Å²) in [6.45, 7) is 8.53. The molecule has 2 aliphatic heterocycles. The second-order valence-electron chi connectivity index (χ2n) is 6.82. The van der Waals surface area contributed by atoms with Crippen LogP contribution in [0.15, 0.2) is 0 Å². The van der Waals surface area contributed by atoms with Gasteiger partial charge in [0.05, 0.1) is 0 Å². The van der Waals surface area contributed by atoms with Gasteiger partial charge in [0, 0.05) is 31.6 Å². The van der Waals surface area contributed by atoms with Crippen molar-refractivity contribution in [1.82, 2.24) is 9.80 Å². The van der Waals surface area contributed by atoms with Gasteiger partial charge in [-0.25, -0.2) is 0 Å². The maximum Gasteiger partial charge on any atom is 0.224 e. The summed E-state index contributed by atoms with van der Waals surface area (Å²) in [6.07, 6.45) is 6.88. The highest BCUT2D eigenvalue weighted by atomic mass is 16.2. The third-order valence-electron chi connectivity index (χ3n) is 4.99.